The molecule has 0 unspecified atom stereocenters. The van der Waals surface area contributed by atoms with Gasteiger partial charge in [-0.3, -0.25) is 4.99 Å². The van der Waals surface area contributed by atoms with Gasteiger partial charge in [0.1, 0.15) is 0 Å². The van der Waals surface area contributed by atoms with E-state index in [0.717, 1.165) is 31.5 Å². The largest absolute Gasteiger partial charge is 0.468 e. The topological polar surface area (TPSA) is 61.8 Å². The molecular weight excluding hydrogens is 530 g/mol. The van der Waals surface area contributed by atoms with Crippen LogP contribution < -0.4 is 20.3 Å². The summed E-state index contributed by atoms with van der Waals surface area (Å²) in [5, 5.41) is 10.0. The first-order valence-corrected chi connectivity index (χ1v) is 10.2. The van der Waals surface area contributed by atoms with Gasteiger partial charge in [0.2, 0.25) is 5.88 Å². The van der Waals surface area contributed by atoms with Crippen molar-refractivity contribution in [3.63, 3.8) is 0 Å². The highest BCUT2D eigenvalue weighted by molar-refractivity contribution is 14.0. The second-order valence-electron chi connectivity index (χ2n) is 6.69. The third-order valence-corrected chi connectivity index (χ3v) is 5.45. The van der Waals surface area contributed by atoms with E-state index < -0.39 is 12.8 Å². The molecule has 166 valence electrons. The van der Waals surface area contributed by atoms with Crippen molar-refractivity contribution in [1.82, 2.24) is 15.6 Å². The second kappa shape index (κ2) is 11.6. The van der Waals surface area contributed by atoms with Gasteiger partial charge in [-0.05, 0) is 35.9 Å². The number of nitrogens with one attached hydrogen (secondary N) is 2. The first-order valence-electron chi connectivity index (χ1n) is 9.33. The number of aliphatic imine (C=N–C) groups is 1. The van der Waals surface area contributed by atoms with E-state index in [2.05, 4.69) is 47.8 Å². The third kappa shape index (κ3) is 7.82. The van der Waals surface area contributed by atoms with Gasteiger partial charge in [0.25, 0.3) is 0 Å². The fourth-order valence-corrected chi connectivity index (χ4v) is 3.81. The summed E-state index contributed by atoms with van der Waals surface area (Å²) in [6, 6.07) is 7.66. The van der Waals surface area contributed by atoms with Gasteiger partial charge in [0.15, 0.2) is 12.6 Å². The lowest BCUT2D eigenvalue weighted by Gasteiger charge is -2.33. The van der Waals surface area contributed by atoms with E-state index in [-0.39, 0.29) is 29.9 Å². The Balaban J connectivity index is 0.00000320. The number of nitrogens with zero attached hydrogens (tertiary/aromatic N) is 3. The van der Waals surface area contributed by atoms with Crippen LogP contribution in [0, 0.1) is 0 Å². The lowest BCUT2D eigenvalue weighted by atomic mass is 10.1. The number of halogens is 4. The van der Waals surface area contributed by atoms with Crippen molar-refractivity contribution in [2.45, 2.75) is 31.6 Å². The molecule has 0 bridgehead atoms. The summed E-state index contributed by atoms with van der Waals surface area (Å²) in [6.45, 7) is 1.11. The average Bonchev–Trinajstić information content (AvgIpc) is 3.25. The zero-order valence-electron chi connectivity index (χ0n) is 16.5. The van der Waals surface area contributed by atoms with Gasteiger partial charge in [0.05, 0.1) is 5.00 Å². The third-order valence-electron chi connectivity index (χ3n) is 4.52. The van der Waals surface area contributed by atoms with Gasteiger partial charge in [-0.2, -0.15) is 13.2 Å². The van der Waals surface area contributed by atoms with E-state index in [1.165, 1.54) is 17.3 Å². The Kier molecular flexibility index (Phi) is 9.46. The van der Waals surface area contributed by atoms with Crippen molar-refractivity contribution in [3.8, 4) is 5.88 Å². The van der Waals surface area contributed by atoms with Crippen LogP contribution in [-0.4, -0.2) is 49.9 Å². The molecule has 0 amide bonds. The molecule has 0 atom stereocenters. The van der Waals surface area contributed by atoms with Crippen molar-refractivity contribution in [1.29, 1.82) is 0 Å². The van der Waals surface area contributed by atoms with Crippen molar-refractivity contribution >= 4 is 46.3 Å². The van der Waals surface area contributed by atoms with Crippen LogP contribution in [0.3, 0.4) is 0 Å². The van der Waals surface area contributed by atoms with E-state index in [1.807, 2.05) is 0 Å². The number of pyridine rings is 1. The highest BCUT2D eigenvalue weighted by atomic mass is 127. The molecule has 0 radical (unpaired) electrons. The predicted octanol–water partition coefficient (Wildman–Crippen LogP) is 4.04. The maximum absolute atomic E-state index is 12.2. The molecule has 0 aromatic carbocycles. The molecule has 1 saturated heterocycles. The molecule has 11 heteroatoms. The van der Waals surface area contributed by atoms with Gasteiger partial charge < -0.3 is 20.3 Å². The van der Waals surface area contributed by atoms with Crippen molar-refractivity contribution in [3.05, 3.63) is 41.4 Å². The van der Waals surface area contributed by atoms with Crippen LogP contribution in [0.5, 0.6) is 5.88 Å². The molecule has 3 heterocycles. The lowest BCUT2D eigenvalue weighted by Crippen LogP contribution is -2.48. The molecule has 3 rings (SSSR count). The van der Waals surface area contributed by atoms with Crippen LogP contribution in [0.15, 0.2) is 40.8 Å². The number of rotatable bonds is 6. The molecule has 1 aliphatic rings. The number of thiophene rings is 1. The lowest BCUT2D eigenvalue weighted by molar-refractivity contribution is -0.154. The molecule has 1 fully saturated rings. The van der Waals surface area contributed by atoms with Crippen LogP contribution in [0.1, 0.15) is 18.4 Å². The number of aromatic nitrogens is 1. The molecule has 0 spiro atoms. The molecule has 6 nitrogen and oxygen atoms in total. The van der Waals surface area contributed by atoms with Gasteiger partial charge in [0, 0.05) is 45.0 Å². The van der Waals surface area contributed by atoms with Gasteiger partial charge in [-0.15, -0.1) is 35.3 Å². The number of ether oxygens (including phenoxy) is 1. The Morgan fingerprint density at radius 2 is 2.07 bits per heavy atom. The number of anilines is 1. The summed E-state index contributed by atoms with van der Waals surface area (Å²) in [6.07, 6.45) is -0.845. The first-order chi connectivity index (χ1) is 13.9. The zero-order valence-corrected chi connectivity index (χ0v) is 19.6. The van der Waals surface area contributed by atoms with Crippen LogP contribution in [-0.2, 0) is 6.54 Å². The fraction of sp³-hybridized carbons (Fsp3) is 0.474. The maximum Gasteiger partial charge on any atom is 0.422 e. The highest BCUT2D eigenvalue weighted by Gasteiger charge is 2.28. The number of hydrogen-bond donors (Lipinski definition) is 2. The summed E-state index contributed by atoms with van der Waals surface area (Å²) in [5.74, 6) is 0.642. The van der Waals surface area contributed by atoms with Gasteiger partial charge >= 0.3 is 6.18 Å². The van der Waals surface area contributed by atoms with Gasteiger partial charge in [-0.1, -0.05) is 6.07 Å². The Morgan fingerprint density at radius 1 is 1.30 bits per heavy atom. The number of piperidine rings is 1. The Hall–Kier alpha value is -1.76. The maximum atomic E-state index is 12.2. The molecule has 30 heavy (non-hydrogen) atoms. The van der Waals surface area contributed by atoms with E-state index in [4.69, 9.17) is 0 Å². The summed E-state index contributed by atoms with van der Waals surface area (Å²) >= 11 is 1.76. The van der Waals surface area contributed by atoms with Gasteiger partial charge in [-0.25, -0.2) is 4.98 Å². The van der Waals surface area contributed by atoms with Crippen molar-refractivity contribution < 1.29 is 17.9 Å². The highest BCUT2D eigenvalue weighted by Crippen LogP contribution is 2.24. The van der Waals surface area contributed by atoms with E-state index in [0.29, 0.717) is 18.5 Å². The minimum Gasteiger partial charge on any atom is -0.468 e. The predicted molar refractivity (Wildman–Crippen MR) is 124 cm³/mol. The van der Waals surface area contributed by atoms with Crippen LogP contribution in [0.2, 0.25) is 0 Å². The molecule has 2 aromatic rings. The molecule has 2 N–H and O–H groups in total. The molecular formula is C19H25F3IN5OS. The standard InChI is InChI=1S/C19H24F3N5OS.HI/c1-23-18(26-15-6-8-27(9-7-15)17-3-2-10-29-17)25-12-14-4-5-16(24-11-14)28-13-19(20,21)22;/h2-5,10-11,15H,6-9,12-13H2,1H3,(H2,23,25,26);1H. The minimum atomic E-state index is -4.38. The van der Waals surface area contributed by atoms with E-state index in [1.54, 1.807) is 24.5 Å². The van der Waals surface area contributed by atoms with Crippen LogP contribution in [0.25, 0.3) is 0 Å². The number of hydrogen-bond acceptors (Lipinski definition) is 5. The monoisotopic (exact) mass is 555 g/mol. The summed E-state index contributed by atoms with van der Waals surface area (Å²) in [4.78, 5) is 10.6. The van der Waals surface area contributed by atoms with Crippen molar-refractivity contribution in [2.75, 3.05) is 31.6 Å². The Labute approximate surface area is 195 Å². The van der Waals surface area contributed by atoms with Crippen LogP contribution in [0.4, 0.5) is 18.2 Å². The van der Waals surface area contributed by atoms with Crippen LogP contribution >= 0.6 is 35.3 Å². The Morgan fingerprint density at radius 3 is 2.63 bits per heavy atom. The van der Waals surface area contributed by atoms with E-state index in [9.17, 15) is 13.2 Å². The molecule has 0 saturated carbocycles. The summed E-state index contributed by atoms with van der Waals surface area (Å²) in [5.41, 5.74) is 0.819. The average molecular weight is 555 g/mol. The zero-order chi connectivity index (χ0) is 20.7. The molecule has 2 aromatic heterocycles. The number of guanidine groups is 1. The van der Waals surface area contributed by atoms with E-state index >= 15 is 0 Å². The summed E-state index contributed by atoms with van der Waals surface area (Å²) in [7, 11) is 1.71. The number of alkyl halides is 3. The summed E-state index contributed by atoms with van der Waals surface area (Å²) < 4.78 is 41.1. The normalized spacial score (nSPS) is 15.5. The van der Waals surface area contributed by atoms with Crippen molar-refractivity contribution in [2.24, 2.45) is 4.99 Å². The quantitative estimate of drug-likeness (QED) is 0.320. The molecule has 1 aliphatic heterocycles. The fourth-order valence-electron chi connectivity index (χ4n) is 3.02. The smallest absolute Gasteiger partial charge is 0.422 e. The SMILES string of the molecule is CN=C(NCc1ccc(OCC(F)(F)F)nc1)NC1CCN(c2cccs2)CC1.I. The minimum absolute atomic E-state index is 0. The first kappa shape index (κ1) is 24.5. The second-order valence-corrected chi connectivity index (χ2v) is 7.62. The Bertz CT molecular complexity index is 778. The molecule has 0 aliphatic carbocycles.